The Bertz CT molecular complexity index is 208. The summed E-state index contributed by atoms with van der Waals surface area (Å²) >= 11 is 0. The third kappa shape index (κ3) is 2.32. The van der Waals surface area contributed by atoms with Crippen molar-refractivity contribution in [2.45, 2.75) is 51.7 Å². The topological polar surface area (TPSA) is 40.5 Å². The number of aliphatic hydroxyl groups excluding tert-OH is 1. The van der Waals surface area contributed by atoms with E-state index in [-0.39, 0.29) is 11.5 Å². The summed E-state index contributed by atoms with van der Waals surface area (Å²) in [6, 6.07) is 0. The van der Waals surface area contributed by atoms with Crippen molar-refractivity contribution < 1.29 is 10.2 Å². The SMILES string of the molecule is CC[C@@H](O)C1(C)C=CC(C)(O)CC1. The summed E-state index contributed by atoms with van der Waals surface area (Å²) in [6.07, 6.45) is 5.84. The van der Waals surface area contributed by atoms with Crippen LogP contribution in [-0.2, 0) is 0 Å². The zero-order chi connectivity index (χ0) is 10.1. The Morgan fingerprint density at radius 3 is 2.31 bits per heavy atom. The van der Waals surface area contributed by atoms with Crippen molar-refractivity contribution in [1.29, 1.82) is 0 Å². The van der Waals surface area contributed by atoms with Crippen molar-refractivity contribution in [3.8, 4) is 0 Å². The highest BCUT2D eigenvalue weighted by Gasteiger charge is 2.35. The van der Waals surface area contributed by atoms with Gasteiger partial charge in [-0.05, 0) is 26.2 Å². The molecule has 0 aliphatic heterocycles. The molecule has 0 amide bonds. The molecule has 3 atom stereocenters. The van der Waals surface area contributed by atoms with Gasteiger partial charge in [0.05, 0.1) is 11.7 Å². The zero-order valence-corrected chi connectivity index (χ0v) is 8.75. The highest BCUT2D eigenvalue weighted by atomic mass is 16.3. The largest absolute Gasteiger partial charge is 0.392 e. The van der Waals surface area contributed by atoms with E-state index in [0.29, 0.717) is 0 Å². The van der Waals surface area contributed by atoms with E-state index in [1.807, 2.05) is 26.0 Å². The minimum absolute atomic E-state index is 0.142. The maximum Gasteiger partial charge on any atom is 0.0800 e. The third-order valence-electron chi connectivity index (χ3n) is 3.14. The lowest BCUT2D eigenvalue weighted by Gasteiger charge is -2.38. The lowest BCUT2D eigenvalue weighted by molar-refractivity contribution is 0.0200. The van der Waals surface area contributed by atoms with Gasteiger partial charge in [0.25, 0.3) is 0 Å². The van der Waals surface area contributed by atoms with E-state index in [1.165, 1.54) is 0 Å². The molecule has 1 aliphatic carbocycles. The number of hydrogen-bond acceptors (Lipinski definition) is 2. The fourth-order valence-electron chi connectivity index (χ4n) is 1.80. The average molecular weight is 184 g/mol. The van der Waals surface area contributed by atoms with Crippen molar-refractivity contribution in [2.75, 3.05) is 0 Å². The third-order valence-corrected chi connectivity index (χ3v) is 3.14. The predicted octanol–water partition coefficient (Wildman–Crippen LogP) is 1.86. The number of aliphatic hydroxyl groups is 2. The van der Waals surface area contributed by atoms with E-state index in [0.717, 1.165) is 19.3 Å². The Kier molecular flexibility index (Phi) is 2.83. The average Bonchev–Trinajstić information content (AvgIpc) is 2.09. The van der Waals surface area contributed by atoms with Crippen LogP contribution in [0.5, 0.6) is 0 Å². The Morgan fingerprint density at radius 2 is 1.92 bits per heavy atom. The maximum absolute atomic E-state index is 9.78. The first-order valence-corrected chi connectivity index (χ1v) is 5.00. The Hall–Kier alpha value is -0.340. The molecule has 0 bridgehead atoms. The van der Waals surface area contributed by atoms with Gasteiger partial charge in [-0.15, -0.1) is 0 Å². The van der Waals surface area contributed by atoms with Gasteiger partial charge in [-0.3, -0.25) is 0 Å². The number of rotatable bonds is 2. The van der Waals surface area contributed by atoms with Crippen LogP contribution in [0.3, 0.4) is 0 Å². The summed E-state index contributed by atoms with van der Waals surface area (Å²) in [4.78, 5) is 0. The second kappa shape index (κ2) is 3.43. The fourth-order valence-corrected chi connectivity index (χ4v) is 1.80. The molecule has 0 aromatic carbocycles. The summed E-state index contributed by atoms with van der Waals surface area (Å²) in [7, 11) is 0. The van der Waals surface area contributed by atoms with E-state index in [9.17, 15) is 10.2 Å². The molecule has 2 nitrogen and oxygen atoms in total. The summed E-state index contributed by atoms with van der Waals surface area (Å²) < 4.78 is 0. The predicted molar refractivity (Wildman–Crippen MR) is 53.4 cm³/mol. The first kappa shape index (κ1) is 10.7. The first-order valence-electron chi connectivity index (χ1n) is 5.00. The summed E-state index contributed by atoms with van der Waals surface area (Å²) in [5, 5.41) is 19.5. The molecule has 13 heavy (non-hydrogen) atoms. The van der Waals surface area contributed by atoms with Crippen molar-refractivity contribution in [2.24, 2.45) is 5.41 Å². The molecular formula is C11H20O2. The van der Waals surface area contributed by atoms with Crippen LogP contribution in [0.2, 0.25) is 0 Å². The van der Waals surface area contributed by atoms with Gasteiger partial charge in [-0.1, -0.05) is 26.0 Å². The monoisotopic (exact) mass is 184 g/mol. The highest BCUT2D eigenvalue weighted by molar-refractivity contribution is 5.12. The van der Waals surface area contributed by atoms with Gasteiger partial charge in [0, 0.05) is 5.41 Å². The van der Waals surface area contributed by atoms with Gasteiger partial charge in [0.1, 0.15) is 0 Å². The quantitative estimate of drug-likeness (QED) is 0.643. The molecular weight excluding hydrogens is 164 g/mol. The Morgan fingerprint density at radius 1 is 1.31 bits per heavy atom. The second-order valence-corrected chi connectivity index (χ2v) is 4.62. The minimum atomic E-state index is -0.674. The molecule has 0 saturated heterocycles. The Balaban J connectivity index is 2.75. The molecule has 0 fully saturated rings. The van der Waals surface area contributed by atoms with Gasteiger partial charge in [0.15, 0.2) is 0 Å². The van der Waals surface area contributed by atoms with E-state index >= 15 is 0 Å². The molecule has 2 unspecified atom stereocenters. The van der Waals surface area contributed by atoms with Crippen LogP contribution in [0.25, 0.3) is 0 Å². The lowest BCUT2D eigenvalue weighted by Crippen LogP contribution is -2.37. The summed E-state index contributed by atoms with van der Waals surface area (Å²) in [5.41, 5.74) is -0.816. The van der Waals surface area contributed by atoms with Crippen LogP contribution >= 0.6 is 0 Å². The van der Waals surface area contributed by atoms with Gasteiger partial charge in [0.2, 0.25) is 0 Å². The van der Waals surface area contributed by atoms with Crippen molar-refractivity contribution in [3.05, 3.63) is 12.2 Å². The smallest absolute Gasteiger partial charge is 0.0800 e. The summed E-state index contributed by atoms with van der Waals surface area (Å²) in [5.74, 6) is 0. The van der Waals surface area contributed by atoms with Crippen molar-refractivity contribution in [1.82, 2.24) is 0 Å². The molecule has 0 heterocycles. The Labute approximate surface area is 80.3 Å². The maximum atomic E-state index is 9.78. The van der Waals surface area contributed by atoms with Gasteiger partial charge < -0.3 is 10.2 Å². The zero-order valence-electron chi connectivity index (χ0n) is 8.75. The van der Waals surface area contributed by atoms with Crippen LogP contribution in [0.15, 0.2) is 12.2 Å². The molecule has 1 rings (SSSR count). The van der Waals surface area contributed by atoms with Gasteiger partial charge in [-0.25, -0.2) is 0 Å². The van der Waals surface area contributed by atoms with E-state index in [1.54, 1.807) is 6.92 Å². The van der Waals surface area contributed by atoms with E-state index in [2.05, 4.69) is 0 Å². The van der Waals surface area contributed by atoms with Crippen LogP contribution in [-0.4, -0.2) is 21.9 Å². The van der Waals surface area contributed by atoms with Crippen molar-refractivity contribution >= 4 is 0 Å². The minimum Gasteiger partial charge on any atom is -0.392 e. The molecule has 0 saturated carbocycles. The fraction of sp³-hybridized carbons (Fsp3) is 0.818. The van der Waals surface area contributed by atoms with Crippen LogP contribution in [0.1, 0.15) is 40.0 Å². The molecule has 2 N–H and O–H groups in total. The highest BCUT2D eigenvalue weighted by Crippen LogP contribution is 2.38. The molecule has 1 aliphatic rings. The van der Waals surface area contributed by atoms with Crippen LogP contribution < -0.4 is 0 Å². The lowest BCUT2D eigenvalue weighted by atomic mass is 9.72. The van der Waals surface area contributed by atoms with Crippen LogP contribution in [0.4, 0.5) is 0 Å². The first-order chi connectivity index (χ1) is 5.90. The molecule has 0 aromatic heterocycles. The molecule has 0 radical (unpaired) electrons. The molecule has 0 aromatic rings. The van der Waals surface area contributed by atoms with E-state index in [4.69, 9.17) is 0 Å². The van der Waals surface area contributed by atoms with E-state index < -0.39 is 5.60 Å². The second-order valence-electron chi connectivity index (χ2n) is 4.62. The van der Waals surface area contributed by atoms with Crippen LogP contribution in [0, 0.1) is 5.41 Å². The summed E-state index contributed by atoms with van der Waals surface area (Å²) in [6.45, 7) is 5.84. The molecule has 76 valence electrons. The van der Waals surface area contributed by atoms with Gasteiger partial charge in [-0.2, -0.15) is 0 Å². The normalized spacial score (nSPS) is 41.9. The molecule has 0 spiro atoms. The van der Waals surface area contributed by atoms with Crippen molar-refractivity contribution in [3.63, 3.8) is 0 Å². The standard InChI is InChI=1S/C11H20O2/c1-4-9(12)10(2)5-7-11(3,13)8-6-10/h5,7,9,12-13H,4,6,8H2,1-3H3/t9-,10?,11?/m1/s1. The molecule has 2 heteroatoms. The number of hydrogen-bond donors (Lipinski definition) is 2. The van der Waals surface area contributed by atoms with Gasteiger partial charge >= 0.3 is 0 Å².